The van der Waals surface area contributed by atoms with Gasteiger partial charge in [-0.05, 0) is 90.9 Å². The molecule has 0 aromatic rings. The number of hydrogen-bond donors (Lipinski definition) is 0. The van der Waals surface area contributed by atoms with Crippen LogP contribution < -0.4 is 0 Å². The van der Waals surface area contributed by atoms with Gasteiger partial charge >= 0.3 is 0 Å². The van der Waals surface area contributed by atoms with Crippen molar-refractivity contribution >= 4 is 0 Å². The molecule has 7 nitrogen and oxygen atoms in total. The molecule has 284 valence electrons. The third-order valence-electron chi connectivity index (χ3n) is 8.47. The van der Waals surface area contributed by atoms with E-state index in [2.05, 4.69) is 27.7 Å². The van der Waals surface area contributed by atoms with Gasteiger partial charge < -0.3 is 33.2 Å². The molecule has 2 atom stereocenters. The third-order valence-corrected chi connectivity index (χ3v) is 8.47. The summed E-state index contributed by atoms with van der Waals surface area (Å²) in [6.45, 7) is 17.5. The second-order valence-corrected chi connectivity index (χ2v) is 13.1. The minimum Gasteiger partial charge on any atom is -0.353 e. The zero-order chi connectivity index (χ0) is 34.5. The maximum Gasteiger partial charge on any atom is 0.160 e. The normalized spacial score (nSPS) is 13.3. The minimum absolute atomic E-state index is 0.0515. The van der Waals surface area contributed by atoms with E-state index in [4.69, 9.17) is 33.2 Å². The number of hydrogen-bond acceptors (Lipinski definition) is 7. The van der Waals surface area contributed by atoms with Gasteiger partial charge in [0.15, 0.2) is 25.2 Å². The maximum atomic E-state index is 6.35. The second kappa shape index (κ2) is 38.5. The molecular weight excluding hydrogens is 592 g/mol. The SMILES string of the molecule is CCCCCOC(CCCCCCC(OCC)OC(CCCCCCC(OCCCCC)OCCCCC)OCC)OCCCCC. The first-order chi connectivity index (χ1) is 23.1. The first kappa shape index (κ1) is 46.7. The maximum absolute atomic E-state index is 6.35. The van der Waals surface area contributed by atoms with Crippen molar-refractivity contribution in [3.63, 3.8) is 0 Å². The Bertz CT molecular complexity index is 507. The van der Waals surface area contributed by atoms with Gasteiger partial charge in [-0.1, -0.05) is 105 Å². The van der Waals surface area contributed by atoms with Crippen LogP contribution in [0.25, 0.3) is 0 Å². The monoisotopic (exact) mass is 675 g/mol. The van der Waals surface area contributed by atoms with Gasteiger partial charge in [0.2, 0.25) is 0 Å². The summed E-state index contributed by atoms with van der Waals surface area (Å²) in [6.07, 6.45) is 26.6. The lowest BCUT2D eigenvalue weighted by Crippen LogP contribution is -2.27. The summed E-state index contributed by atoms with van der Waals surface area (Å²) in [4.78, 5) is 0. The highest BCUT2D eigenvalue weighted by Crippen LogP contribution is 2.19. The van der Waals surface area contributed by atoms with Crippen LogP contribution in [-0.4, -0.2) is 64.8 Å². The molecule has 0 saturated carbocycles. The number of ether oxygens (including phenoxy) is 7. The Morgan fingerprint density at radius 1 is 0.277 bits per heavy atom. The molecule has 0 aliphatic rings. The summed E-state index contributed by atoms with van der Waals surface area (Å²) in [5.41, 5.74) is 0. The van der Waals surface area contributed by atoms with Gasteiger partial charge in [0, 0.05) is 39.6 Å². The largest absolute Gasteiger partial charge is 0.353 e. The molecule has 0 aromatic carbocycles. The highest BCUT2D eigenvalue weighted by Gasteiger charge is 2.18. The van der Waals surface area contributed by atoms with Crippen molar-refractivity contribution in [2.75, 3.05) is 39.6 Å². The van der Waals surface area contributed by atoms with Crippen molar-refractivity contribution in [3.8, 4) is 0 Å². The van der Waals surface area contributed by atoms with E-state index in [0.29, 0.717) is 13.2 Å². The molecule has 0 heterocycles. The Labute approximate surface area is 293 Å². The first-order valence-electron chi connectivity index (χ1n) is 20.5. The molecule has 0 aliphatic carbocycles. The molecule has 7 heteroatoms. The van der Waals surface area contributed by atoms with Crippen molar-refractivity contribution in [1.82, 2.24) is 0 Å². The van der Waals surface area contributed by atoms with Crippen LogP contribution in [0, 0.1) is 0 Å². The van der Waals surface area contributed by atoms with Crippen LogP contribution in [-0.2, 0) is 33.2 Å². The second-order valence-electron chi connectivity index (χ2n) is 13.1. The van der Waals surface area contributed by atoms with Crippen molar-refractivity contribution < 1.29 is 33.2 Å². The Morgan fingerprint density at radius 3 is 0.809 bits per heavy atom. The molecule has 0 fully saturated rings. The van der Waals surface area contributed by atoms with Crippen molar-refractivity contribution in [2.45, 2.75) is 221 Å². The predicted molar refractivity (Wildman–Crippen MR) is 197 cm³/mol. The molecule has 0 radical (unpaired) electrons. The van der Waals surface area contributed by atoms with E-state index in [1.165, 1.54) is 64.2 Å². The molecule has 0 N–H and O–H groups in total. The topological polar surface area (TPSA) is 64.6 Å². The Hall–Kier alpha value is -0.280. The van der Waals surface area contributed by atoms with E-state index in [9.17, 15) is 0 Å². The Balaban J connectivity index is 4.38. The molecule has 0 spiro atoms. The molecule has 0 saturated heterocycles. The lowest BCUT2D eigenvalue weighted by Gasteiger charge is -2.25. The summed E-state index contributed by atoms with van der Waals surface area (Å²) >= 11 is 0. The van der Waals surface area contributed by atoms with Gasteiger partial charge in [0.1, 0.15) is 0 Å². The first-order valence-corrected chi connectivity index (χ1v) is 20.5. The van der Waals surface area contributed by atoms with Crippen LogP contribution in [0.15, 0.2) is 0 Å². The van der Waals surface area contributed by atoms with Crippen molar-refractivity contribution in [1.29, 1.82) is 0 Å². The van der Waals surface area contributed by atoms with Crippen molar-refractivity contribution in [2.24, 2.45) is 0 Å². The summed E-state index contributed by atoms with van der Waals surface area (Å²) in [5, 5.41) is 0. The molecular formula is C40H82O7. The average Bonchev–Trinajstić information content (AvgIpc) is 3.07. The van der Waals surface area contributed by atoms with Gasteiger partial charge in [-0.2, -0.15) is 0 Å². The highest BCUT2D eigenvalue weighted by molar-refractivity contribution is 4.57. The smallest absolute Gasteiger partial charge is 0.160 e. The molecule has 47 heavy (non-hydrogen) atoms. The Kier molecular flexibility index (Phi) is 38.3. The van der Waals surface area contributed by atoms with Crippen LogP contribution in [0.1, 0.15) is 196 Å². The van der Waals surface area contributed by atoms with Crippen LogP contribution in [0.5, 0.6) is 0 Å². The van der Waals surface area contributed by atoms with E-state index in [1.54, 1.807) is 0 Å². The fraction of sp³-hybridized carbons (Fsp3) is 1.00. The van der Waals surface area contributed by atoms with Crippen molar-refractivity contribution in [3.05, 3.63) is 0 Å². The zero-order valence-electron chi connectivity index (χ0n) is 32.4. The molecule has 0 bridgehead atoms. The van der Waals surface area contributed by atoms with E-state index < -0.39 is 0 Å². The van der Waals surface area contributed by atoms with Gasteiger partial charge in [0.25, 0.3) is 0 Å². The lowest BCUT2D eigenvalue weighted by atomic mass is 10.1. The van der Waals surface area contributed by atoms with E-state index >= 15 is 0 Å². The lowest BCUT2D eigenvalue weighted by molar-refractivity contribution is -0.247. The molecule has 2 unspecified atom stereocenters. The summed E-state index contributed by atoms with van der Waals surface area (Å²) in [7, 11) is 0. The Morgan fingerprint density at radius 2 is 0.553 bits per heavy atom. The van der Waals surface area contributed by atoms with Gasteiger partial charge in [0.05, 0.1) is 0 Å². The highest BCUT2D eigenvalue weighted by atomic mass is 16.8. The molecule has 0 amide bonds. The fourth-order valence-electron chi connectivity index (χ4n) is 5.57. The standard InChI is InChI=1S/C40H82O7/c1-7-13-25-33-43-37(44-34-26-14-8-2)29-21-17-19-23-31-39(41-11-5)47-40(42-12-6)32-24-20-18-22-30-38(45-35-27-15-9-3)46-36-28-16-10-4/h37-40H,7-36H2,1-6H3. The third kappa shape index (κ3) is 32.7. The number of rotatable bonds is 40. The van der Waals surface area contributed by atoms with Crippen LogP contribution in [0.3, 0.4) is 0 Å². The molecule has 0 aromatic heterocycles. The number of unbranched alkanes of at least 4 members (excludes halogenated alkanes) is 14. The van der Waals surface area contributed by atoms with Crippen LogP contribution in [0.2, 0.25) is 0 Å². The van der Waals surface area contributed by atoms with Gasteiger partial charge in [-0.15, -0.1) is 0 Å². The minimum atomic E-state index is -0.205. The average molecular weight is 675 g/mol. The summed E-state index contributed by atoms with van der Waals surface area (Å²) in [6, 6.07) is 0. The van der Waals surface area contributed by atoms with Crippen LogP contribution in [0.4, 0.5) is 0 Å². The summed E-state index contributed by atoms with van der Waals surface area (Å²) < 4.78 is 42.7. The van der Waals surface area contributed by atoms with E-state index in [-0.39, 0.29) is 25.2 Å². The molecule has 0 aliphatic heterocycles. The van der Waals surface area contributed by atoms with E-state index in [0.717, 1.165) is 116 Å². The fourth-order valence-corrected chi connectivity index (χ4v) is 5.57. The summed E-state index contributed by atoms with van der Waals surface area (Å²) in [5.74, 6) is 0. The zero-order valence-corrected chi connectivity index (χ0v) is 32.4. The van der Waals surface area contributed by atoms with Gasteiger partial charge in [-0.25, -0.2) is 0 Å². The molecule has 0 rings (SSSR count). The predicted octanol–water partition coefficient (Wildman–Crippen LogP) is 11.9. The quantitative estimate of drug-likeness (QED) is 0.0473. The van der Waals surface area contributed by atoms with E-state index in [1.807, 2.05) is 13.8 Å². The van der Waals surface area contributed by atoms with Gasteiger partial charge in [-0.3, -0.25) is 0 Å². The van der Waals surface area contributed by atoms with Crippen LogP contribution >= 0.6 is 0 Å².